The molecular formula is C22H33I2N7. The SMILES string of the molecule is Cc1nc(C)c(C)c(C)n1.Cc1nc(C)c(C)c(C)n1.Cc1nc(C)nc(C)n1.II. The van der Waals surface area contributed by atoms with E-state index in [0.29, 0.717) is 0 Å². The lowest BCUT2D eigenvalue weighted by Gasteiger charge is -2.02. The monoisotopic (exact) mass is 649 g/mol. The van der Waals surface area contributed by atoms with Gasteiger partial charge in [-0.1, -0.05) is 0 Å². The van der Waals surface area contributed by atoms with Crippen molar-refractivity contribution in [3.05, 3.63) is 63.0 Å². The number of nitrogens with zero attached hydrogens (tertiary/aromatic N) is 7. The van der Waals surface area contributed by atoms with Crippen LogP contribution in [0.2, 0.25) is 0 Å². The smallest absolute Gasteiger partial charge is 0.129 e. The van der Waals surface area contributed by atoms with E-state index in [9.17, 15) is 0 Å². The van der Waals surface area contributed by atoms with Gasteiger partial charge in [0.2, 0.25) is 0 Å². The maximum absolute atomic E-state index is 4.22. The molecule has 0 atom stereocenters. The number of halogens is 2. The van der Waals surface area contributed by atoms with Gasteiger partial charge in [0.25, 0.3) is 0 Å². The molecule has 0 unspecified atom stereocenters. The number of hydrogen-bond donors (Lipinski definition) is 0. The van der Waals surface area contributed by atoms with Crippen molar-refractivity contribution in [1.82, 2.24) is 34.9 Å². The molecule has 0 fully saturated rings. The van der Waals surface area contributed by atoms with Crippen LogP contribution in [0.25, 0.3) is 0 Å². The standard InChI is InChI=1S/2C8H12N2.C6H9N3.I2/c2*1-5-6(2)9-8(4)10-7(5)3;1-4-7-5(2)9-6(3)8-4;1-2/h2*1-4H3;1-3H3;. The molecule has 31 heavy (non-hydrogen) atoms. The zero-order valence-electron chi connectivity index (χ0n) is 20.4. The van der Waals surface area contributed by atoms with E-state index in [0.717, 1.165) is 51.9 Å². The molecule has 7 nitrogen and oxygen atoms in total. The molecular weight excluding hydrogens is 616 g/mol. The Morgan fingerprint density at radius 2 is 0.484 bits per heavy atom. The molecule has 3 aromatic rings. The summed E-state index contributed by atoms with van der Waals surface area (Å²) in [5.74, 6) is 4.10. The van der Waals surface area contributed by atoms with Crippen LogP contribution < -0.4 is 0 Å². The molecule has 0 aliphatic rings. The Balaban J connectivity index is 0.000000419. The molecule has 9 heteroatoms. The molecule has 0 aliphatic carbocycles. The molecule has 0 aromatic carbocycles. The van der Waals surface area contributed by atoms with Crippen molar-refractivity contribution in [3.8, 4) is 0 Å². The summed E-state index contributed by atoms with van der Waals surface area (Å²) < 4.78 is 0. The normalized spacial score (nSPS) is 9.45. The van der Waals surface area contributed by atoms with Crippen LogP contribution in [0.5, 0.6) is 0 Å². The van der Waals surface area contributed by atoms with Gasteiger partial charge in [-0.25, -0.2) is 34.9 Å². The van der Waals surface area contributed by atoms with E-state index >= 15 is 0 Å². The Morgan fingerprint density at radius 3 is 0.677 bits per heavy atom. The molecule has 0 saturated carbocycles. The van der Waals surface area contributed by atoms with Crippen LogP contribution in [0.4, 0.5) is 0 Å². The van der Waals surface area contributed by atoms with Crippen LogP contribution in [-0.4, -0.2) is 34.9 Å². The van der Waals surface area contributed by atoms with Crippen molar-refractivity contribution < 1.29 is 0 Å². The number of aryl methyl sites for hydroxylation is 9. The van der Waals surface area contributed by atoms with Gasteiger partial charge < -0.3 is 0 Å². The second-order valence-electron chi connectivity index (χ2n) is 7.11. The summed E-state index contributed by atoms with van der Waals surface area (Å²) >= 11 is 4.24. The van der Waals surface area contributed by atoms with Crippen LogP contribution in [0.3, 0.4) is 0 Å². The number of hydrogen-bond acceptors (Lipinski definition) is 7. The van der Waals surface area contributed by atoms with Crippen molar-refractivity contribution >= 4 is 37.2 Å². The van der Waals surface area contributed by atoms with E-state index in [1.54, 1.807) is 0 Å². The van der Waals surface area contributed by atoms with Gasteiger partial charge in [0.05, 0.1) is 0 Å². The van der Waals surface area contributed by atoms with E-state index in [2.05, 4.69) is 72.1 Å². The summed E-state index contributed by atoms with van der Waals surface area (Å²) in [5.41, 5.74) is 6.75. The van der Waals surface area contributed by atoms with Gasteiger partial charge in [0.1, 0.15) is 29.1 Å². The first-order valence-corrected chi connectivity index (χ1v) is 16.1. The summed E-state index contributed by atoms with van der Waals surface area (Å²) in [4.78, 5) is 28.9. The van der Waals surface area contributed by atoms with E-state index in [4.69, 9.17) is 0 Å². The van der Waals surface area contributed by atoms with Gasteiger partial charge in [-0.05, 0) is 87.3 Å². The summed E-state index contributed by atoms with van der Waals surface area (Å²) in [6.07, 6.45) is 0. The largest absolute Gasteiger partial charge is 0.238 e. The third-order valence-electron chi connectivity index (χ3n) is 4.46. The van der Waals surface area contributed by atoms with Gasteiger partial charge >= 0.3 is 0 Å². The quantitative estimate of drug-likeness (QED) is 0.277. The molecule has 0 N–H and O–H groups in total. The summed E-state index contributed by atoms with van der Waals surface area (Å²) in [5, 5.41) is 0. The van der Waals surface area contributed by atoms with Gasteiger partial charge in [-0.15, -0.1) is 0 Å². The van der Waals surface area contributed by atoms with Gasteiger partial charge in [0, 0.05) is 60.0 Å². The molecule has 3 heterocycles. The number of rotatable bonds is 0. The van der Waals surface area contributed by atoms with Crippen molar-refractivity contribution in [2.45, 2.75) is 76.2 Å². The summed E-state index contributed by atoms with van der Waals surface area (Å²) in [6.45, 7) is 21.6. The fraction of sp³-hybridized carbons (Fsp3) is 0.500. The second kappa shape index (κ2) is 14.6. The first-order valence-electron chi connectivity index (χ1n) is 9.77. The average molecular weight is 649 g/mol. The fourth-order valence-electron chi connectivity index (χ4n) is 2.66. The van der Waals surface area contributed by atoms with Crippen LogP contribution in [0.1, 0.15) is 63.0 Å². The molecule has 0 spiro atoms. The zero-order chi connectivity index (χ0) is 24.3. The van der Waals surface area contributed by atoms with Crippen molar-refractivity contribution in [3.63, 3.8) is 0 Å². The van der Waals surface area contributed by atoms with Crippen molar-refractivity contribution in [2.75, 3.05) is 0 Å². The maximum Gasteiger partial charge on any atom is 0.129 e. The van der Waals surface area contributed by atoms with Gasteiger partial charge in [-0.3, -0.25) is 0 Å². The van der Waals surface area contributed by atoms with Crippen LogP contribution >= 0.6 is 37.2 Å². The van der Waals surface area contributed by atoms with Crippen molar-refractivity contribution in [1.29, 1.82) is 0 Å². The fourth-order valence-corrected chi connectivity index (χ4v) is 2.66. The first-order chi connectivity index (χ1) is 14.4. The highest BCUT2D eigenvalue weighted by molar-refractivity contribution is 15.0. The molecule has 3 aromatic heterocycles. The minimum Gasteiger partial charge on any atom is -0.238 e. The molecule has 0 bridgehead atoms. The maximum atomic E-state index is 4.22. The highest BCUT2D eigenvalue weighted by atomic mass is 128. The number of aromatic nitrogens is 7. The lowest BCUT2D eigenvalue weighted by atomic mass is 10.2. The predicted octanol–water partition coefficient (Wildman–Crippen LogP) is 5.99. The molecule has 0 amide bonds. The van der Waals surface area contributed by atoms with E-state index in [1.165, 1.54) is 11.1 Å². The third-order valence-corrected chi connectivity index (χ3v) is 4.46. The predicted molar refractivity (Wildman–Crippen MR) is 144 cm³/mol. The molecule has 0 saturated heterocycles. The Labute approximate surface area is 210 Å². The Bertz CT molecular complexity index is 840. The minimum atomic E-state index is 0.792. The second-order valence-corrected chi connectivity index (χ2v) is 7.11. The van der Waals surface area contributed by atoms with Crippen molar-refractivity contribution in [2.24, 2.45) is 0 Å². The van der Waals surface area contributed by atoms with Crippen LogP contribution in [0.15, 0.2) is 0 Å². The summed E-state index contributed by atoms with van der Waals surface area (Å²) in [7, 11) is 0. The molecule has 3 rings (SSSR count). The highest BCUT2D eigenvalue weighted by Crippen LogP contribution is 2.07. The topological polar surface area (TPSA) is 90.2 Å². The van der Waals surface area contributed by atoms with Crippen LogP contribution in [0, 0.1) is 76.2 Å². The first kappa shape index (κ1) is 29.6. The lowest BCUT2D eigenvalue weighted by Crippen LogP contribution is -1.97. The summed E-state index contributed by atoms with van der Waals surface area (Å²) in [6, 6.07) is 0. The molecule has 0 aliphatic heterocycles. The Morgan fingerprint density at radius 1 is 0.323 bits per heavy atom. The van der Waals surface area contributed by atoms with Gasteiger partial charge in [0.15, 0.2) is 0 Å². The highest BCUT2D eigenvalue weighted by Gasteiger charge is 2.00. The van der Waals surface area contributed by atoms with Gasteiger partial charge in [-0.2, -0.15) is 0 Å². The van der Waals surface area contributed by atoms with E-state index < -0.39 is 0 Å². The van der Waals surface area contributed by atoms with E-state index in [-0.39, 0.29) is 0 Å². The average Bonchev–Trinajstić information content (AvgIpc) is 2.65. The Kier molecular flexibility index (Phi) is 14.0. The van der Waals surface area contributed by atoms with Crippen LogP contribution in [-0.2, 0) is 0 Å². The molecule has 0 radical (unpaired) electrons. The lowest BCUT2D eigenvalue weighted by molar-refractivity contribution is 0.875. The Hall–Kier alpha value is -1.37. The molecule has 170 valence electrons. The third kappa shape index (κ3) is 11.2. The minimum absolute atomic E-state index is 0.792. The van der Waals surface area contributed by atoms with E-state index in [1.807, 2.05) is 76.2 Å². The zero-order valence-corrected chi connectivity index (χ0v) is 24.7.